The van der Waals surface area contributed by atoms with Crippen LogP contribution in [0.4, 0.5) is 5.69 Å². The summed E-state index contributed by atoms with van der Waals surface area (Å²) in [4.78, 5) is 13.3. The molecule has 2 heteroatoms. The molecule has 1 aromatic rings. The van der Waals surface area contributed by atoms with Gasteiger partial charge < -0.3 is 4.90 Å². The summed E-state index contributed by atoms with van der Waals surface area (Å²) in [5.74, 6) is 0.0886. The second-order valence-corrected chi connectivity index (χ2v) is 4.83. The minimum Gasteiger partial charge on any atom is -0.305 e. The smallest absolute Gasteiger partial charge is 0.251 e. The van der Waals surface area contributed by atoms with Crippen LogP contribution in [-0.4, -0.2) is 12.5 Å². The van der Waals surface area contributed by atoms with Gasteiger partial charge in [-0.05, 0) is 30.5 Å². The number of aryl methyl sites for hydroxylation is 1. The molecule has 0 fully saturated rings. The van der Waals surface area contributed by atoms with Crippen molar-refractivity contribution < 1.29 is 4.79 Å². The monoisotopic (exact) mass is 243 g/mol. The van der Waals surface area contributed by atoms with Crippen LogP contribution in [-0.2, 0) is 11.2 Å². The van der Waals surface area contributed by atoms with E-state index in [4.69, 9.17) is 0 Å². The fourth-order valence-electron chi connectivity index (χ4n) is 2.27. The third kappa shape index (κ3) is 3.22. The molecule has 1 aromatic carbocycles. The Kier molecular flexibility index (Phi) is 4.57. The van der Waals surface area contributed by atoms with Gasteiger partial charge in [0.1, 0.15) is 0 Å². The lowest BCUT2D eigenvalue weighted by Crippen LogP contribution is -2.24. The van der Waals surface area contributed by atoms with E-state index in [-0.39, 0.29) is 5.91 Å². The lowest BCUT2D eigenvalue weighted by molar-refractivity contribution is -0.113. The summed E-state index contributed by atoms with van der Waals surface area (Å²) >= 11 is 0. The van der Waals surface area contributed by atoms with Crippen LogP contribution in [0.5, 0.6) is 0 Å². The molecule has 1 aliphatic rings. The zero-order valence-electron chi connectivity index (χ0n) is 11.1. The number of unbranched alkanes of at least 4 members (excludes halogenated alkanes) is 3. The predicted molar refractivity (Wildman–Crippen MR) is 75.8 cm³/mol. The van der Waals surface area contributed by atoms with Gasteiger partial charge in [-0.1, -0.05) is 44.4 Å². The molecule has 0 radical (unpaired) electrons. The van der Waals surface area contributed by atoms with Crippen molar-refractivity contribution >= 4 is 11.6 Å². The fraction of sp³-hybridized carbons (Fsp3) is 0.438. The van der Waals surface area contributed by atoms with Crippen LogP contribution < -0.4 is 4.90 Å². The highest BCUT2D eigenvalue weighted by molar-refractivity contribution is 6.04. The first kappa shape index (κ1) is 12.9. The van der Waals surface area contributed by atoms with Crippen LogP contribution in [0.25, 0.3) is 0 Å². The maximum absolute atomic E-state index is 11.5. The zero-order chi connectivity index (χ0) is 12.8. The quantitative estimate of drug-likeness (QED) is 0.697. The Hall–Kier alpha value is -1.57. The Morgan fingerprint density at radius 2 is 1.89 bits per heavy atom. The van der Waals surface area contributed by atoms with Crippen molar-refractivity contribution in [3.8, 4) is 0 Å². The van der Waals surface area contributed by atoms with Gasteiger partial charge in [0.05, 0.1) is 0 Å². The Bertz CT molecular complexity index is 419. The molecule has 1 heterocycles. The van der Waals surface area contributed by atoms with Crippen LogP contribution in [0, 0.1) is 0 Å². The highest BCUT2D eigenvalue weighted by Crippen LogP contribution is 2.19. The lowest BCUT2D eigenvalue weighted by atomic mass is 10.1. The molecule has 1 amide bonds. The van der Waals surface area contributed by atoms with Gasteiger partial charge in [0.25, 0.3) is 5.91 Å². The zero-order valence-corrected chi connectivity index (χ0v) is 11.1. The molecule has 18 heavy (non-hydrogen) atoms. The normalized spacial score (nSPS) is 14.5. The summed E-state index contributed by atoms with van der Waals surface area (Å²) in [7, 11) is 0. The molecule has 0 saturated carbocycles. The third-order valence-corrected chi connectivity index (χ3v) is 3.38. The number of nitrogens with zero attached hydrogens (tertiary/aromatic N) is 1. The molecule has 0 saturated heterocycles. The van der Waals surface area contributed by atoms with E-state index in [0.717, 1.165) is 12.1 Å². The van der Waals surface area contributed by atoms with Gasteiger partial charge in [0, 0.05) is 18.3 Å². The van der Waals surface area contributed by atoms with E-state index >= 15 is 0 Å². The van der Waals surface area contributed by atoms with Crippen molar-refractivity contribution in [3.63, 3.8) is 0 Å². The molecule has 2 nitrogen and oxygen atoms in total. The highest BCUT2D eigenvalue weighted by Gasteiger charge is 2.15. The first-order chi connectivity index (χ1) is 8.81. The van der Waals surface area contributed by atoms with E-state index in [0.29, 0.717) is 6.54 Å². The second kappa shape index (κ2) is 6.39. The summed E-state index contributed by atoms with van der Waals surface area (Å²) in [6, 6.07) is 8.40. The molecule has 2 rings (SSSR count). The van der Waals surface area contributed by atoms with Crippen molar-refractivity contribution in [1.82, 2.24) is 0 Å². The first-order valence-electron chi connectivity index (χ1n) is 6.88. The predicted octanol–water partition coefficient (Wildman–Crippen LogP) is 3.71. The van der Waals surface area contributed by atoms with E-state index in [2.05, 4.69) is 31.2 Å². The number of amides is 1. The van der Waals surface area contributed by atoms with Gasteiger partial charge in [-0.3, -0.25) is 4.79 Å². The summed E-state index contributed by atoms with van der Waals surface area (Å²) in [6.45, 7) is 2.94. The van der Waals surface area contributed by atoms with Crippen molar-refractivity contribution in [1.29, 1.82) is 0 Å². The average molecular weight is 243 g/mol. The van der Waals surface area contributed by atoms with E-state index in [1.807, 2.05) is 6.08 Å². The Balaban J connectivity index is 1.87. The van der Waals surface area contributed by atoms with Crippen LogP contribution in [0.1, 0.15) is 38.2 Å². The number of hydrogen-bond donors (Lipinski definition) is 0. The molecule has 0 bridgehead atoms. The van der Waals surface area contributed by atoms with E-state index in [9.17, 15) is 4.79 Å². The summed E-state index contributed by atoms with van der Waals surface area (Å²) < 4.78 is 0. The molecule has 0 spiro atoms. The molecule has 1 aliphatic heterocycles. The Labute approximate surface area is 109 Å². The minimum absolute atomic E-state index is 0.0886. The maximum Gasteiger partial charge on any atom is 0.251 e. The molecule has 0 unspecified atom stereocenters. The molecular formula is C16H21NO. The number of carbonyl (C=O) groups is 1. The maximum atomic E-state index is 11.5. The molecule has 0 N–H and O–H groups in total. The fourth-order valence-corrected chi connectivity index (χ4v) is 2.27. The number of carbonyl (C=O) groups excluding carboxylic acids is 1. The number of rotatable bonds is 6. The van der Waals surface area contributed by atoms with E-state index < -0.39 is 0 Å². The summed E-state index contributed by atoms with van der Waals surface area (Å²) in [5.41, 5.74) is 2.37. The van der Waals surface area contributed by atoms with E-state index in [1.165, 1.54) is 31.2 Å². The van der Waals surface area contributed by atoms with Gasteiger partial charge in [0.2, 0.25) is 0 Å². The third-order valence-electron chi connectivity index (χ3n) is 3.38. The first-order valence-corrected chi connectivity index (χ1v) is 6.88. The van der Waals surface area contributed by atoms with Gasteiger partial charge >= 0.3 is 0 Å². The molecule has 96 valence electrons. The Morgan fingerprint density at radius 3 is 2.50 bits per heavy atom. The van der Waals surface area contributed by atoms with Crippen LogP contribution in [0.15, 0.2) is 36.4 Å². The van der Waals surface area contributed by atoms with Gasteiger partial charge in [-0.2, -0.15) is 0 Å². The van der Waals surface area contributed by atoms with Crippen molar-refractivity contribution in [2.45, 2.75) is 39.0 Å². The van der Waals surface area contributed by atoms with Gasteiger partial charge in [-0.15, -0.1) is 0 Å². The van der Waals surface area contributed by atoms with Crippen LogP contribution in [0.3, 0.4) is 0 Å². The highest BCUT2D eigenvalue weighted by atomic mass is 16.2. The standard InChI is InChI=1S/C16H21NO/c1-2-3-4-5-7-14-9-11-15(12-10-14)17-13-6-8-16(17)18/h6,8-12H,2-5,7,13H2,1H3. The topological polar surface area (TPSA) is 20.3 Å². The SMILES string of the molecule is CCCCCCc1ccc(N2CC=CC2=O)cc1. The second-order valence-electron chi connectivity index (χ2n) is 4.83. The van der Waals surface area contributed by atoms with Crippen molar-refractivity contribution in [3.05, 3.63) is 42.0 Å². The van der Waals surface area contributed by atoms with Crippen LogP contribution in [0.2, 0.25) is 0 Å². The largest absolute Gasteiger partial charge is 0.305 e. The van der Waals surface area contributed by atoms with Gasteiger partial charge in [0.15, 0.2) is 0 Å². The molecule has 0 aromatic heterocycles. The Morgan fingerprint density at radius 1 is 1.11 bits per heavy atom. The number of anilines is 1. The van der Waals surface area contributed by atoms with Crippen LogP contribution >= 0.6 is 0 Å². The van der Waals surface area contributed by atoms with E-state index in [1.54, 1.807) is 11.0 Å². The van der Waals surface area contributed by atoms with Gasteiger partial charge in [-0.25, -0.2) is 0 Å². The summed E-state index contributed by atoms with van der Waals surface area (Å²) in [6.07, 6.45) is 9.87. The molecule has 0 aliphatic carbocycles. The summed E-state index contributed by atoms with van der Waals surface area (Å²) in [5, 5.41) is 0. The lowest BCUT2D eigenvalue weighted by Gasteiger charge is -2.15. The minimum atomic E-state index is 0.0886. The van der Waals surface area contributed by atoms with Crippen molar-refractivity contribution in [2.75, 3.05) is 11.4 Å². The molecular weight excluding hydrogens is 222 g/mol. The number of benzene rings is 1. The number of hydrogen-bond acceptors (Lipinski definition) is 1. The van der Waals surface area contributed by atoms with Crippen molar-refractivity contribution in [2.24, 2.45) is 0 Å². The average Bonchev–Trinajstić information content (AvgIpc) is 2.82. The molecule has 0 atom stereocenters.